The van der Waals surface area contributed by atoms with E-state index in [2.05, 4.69) is 32.6 Å². The van der Waals surface area contributed by atoms with E-state index in [4.69, 9.17) is 5.73 Å². The maximum Gasteiger partial charge on any atom is 0.0108 e. The Balaban J connectivity index is 4.22. The second kappa shape index (κ2) is 9.17. The van der Waals surface area contributed by atoms with Crippen molar-refractivity contribution in [1.82, 2.24) is 4.90 Å². The van der Waals surface area contributed by atoms with Crippen LogP contribution in [0.1, 0.15) is 53.4 Å². The Hall–Kier alpha value is -0.0800. The third-order valence-corrected chi connectivity index (χ3v) is 3.52. The van der Waals surface area contributed by atoms with Crippen molar-refractivity contribution in [2.75, 3.05) is 19.6 Å². The first-order valence-electron chi connectivity index (χ1n) is 6.67. The SMILES string of the molecule is CCC(CC)CN(CCN)C(CC)CC. The van der Waals surface area contributed by atoms with Crippen LogP contribution in [0.2, 0.25) is 0 Å². The lowest BCUT2D eigenvalue weighted by Crippen LogP contribution is -2.41. The summed E-state index contributed by atoms with van der Waals surface area (Å²) in [7, 11) is 0. The summed E-state index contributed by atoms with van der Waals surface area (Å²) >= 11 is 0. The van der Waals surface area contributed by atoms with Gasteiger partial charge in [0.2, 0.25) is 0 Å². The van der Waals surface area contributed by atoms with E-state index in [0.29, 0.717) is 0 Å². The fraction of sp³-hybridized carbons (Fsp3) is 1.00. The van der Waals surface area contributed by atoms with E-state index < -0.39 is 0 Å². The largest absolute Gasteiger partial charge is 0.329 e. The molecule has 0 fully saturated rings. The van der Waals surface area contributed by atoms with E-state index >= 15 is 0 Å². The average Bonchev–Trinajstić information content (AvgIpc) is 2.27. The van der Waals surface area contributed by atoms with Gasteiger partial charge >= 0.3 is 0 Å². The summed E-state index contributed by atoms with van der Waals surface area (Å²) in [6.07, 6.45) is 5.07. The molecule has 15 heavy (non-hydrogen) atoms. The van der Waals surface area contributed by atoms with Gasteiger partial charge in [-0.3, -0.25) is 4.90 Å². The highest BCUT2D eigenvalue weighted by molar-refractivity contribution is 4.72. The van der Waals surface area contributed by atoms with Gasteiger partial charge in [-0.05, 0) is 18.8 Å². The summed E-state index contributed by atoms with van der Waals surface area (Å²) in [6.45, 7) is 12.2. The summed E-state index contributed by atoms with van der Waals surface area (Å²) in [6, 6.07) is 0.731. The second-order valence-corrected chi connectivity index (χ2v) is 4.44. The molecule has 0 aromatic rings. The van der Waals surface area contributed by atoms with Crippen LogP contribution in [0.25, 0.3) is 0 Å². The number of nitrogens with two attached hydrogens (primary N) is 1. The van der Waals surface area contributed by atoms with Crippen LogP contribution in [0.15, 0.2) is 0 Å². The highest BCUT2D eigenvalue weighted by atomic mass is 15.2. The van der Waals surface area contributed by atoms with Crippen LogP contribution < -0.4 is 5.73 Å². The summed E-state index contributed by atoms with van der Waals surface area (Å²) in [5.41, 5.74) is 5.69. The molecule has 2 heteroatoms. The third kappa shape index (κ3) is 5.53. The number of rotatable bonds is 9. The molecule has 2 N–H and O–H groups in total. The lowest BCUT2D eigenvalue weighted by Gasteiger charge is -2.32. The molecule has 0 amide bonds. The quantitative estimate of drug-likeness (QED) is 0.639. The van der Waals surface area contributed by atoms with Gasteiger partial charge in [0.1, 0.15) is 0 Å². The Kier molecular flexibility index (Phi) is 9.12. The topological polar surface area (TPSA) is 29.3 Å². The standard InChI is InChI=1S/C13H30N2/c1-5-12(6-2)11-15(10-9-14)13(7-3)8-4/h12-13H,5-11,14H2,1-4H3. The molecular formula is C13H30N2. The maximum atomic E-state index is 5.69. The van der Waals surface area contributed by atoms with Crippen molar-refractivity contribution in [3.05, 3.63) is 0 Å². The van der Waals surface area contributed by atoms with E-state index in [0.717, 1.165) is 25.0 Å². The van der Waals surface area contributed by atoms with Gasteiger partial charge in [0, 0.05) is 25.7 Å². The lowest BCUT2D eigenvalue weighted by molar-refractivity contribution is 0.158. The van der Waals surface area contributed by atoms with Crippen LogP contribution in [0.4, 0.5) is 0 Å². The molecule has 0 spiro atoms. The Morgan fingerprint density at radius 2 is 1.47 bits per heavy atom. The predicted octanol–water partition coefficient (Wildman–Crippen LogP) is 2.87. The van der Waals surface area contributed by atoms with Crippen LogP contribution in [0.5, 0.6) is 0 Å². The van der Waals surface area contributed by atoms with Gasteiger partial charge in [0.05, 0.1) is 0 Å². The number of hydrogen-bond donors (Lipinski definition) is 1. The molecule has 0 bridgehead atoms. The molecule has 0 aliphatic carbocycles. The average molecular weight is 214 g/mol. The molecule has 0 aliphatic heterocycles. The van der Waals surface area contributed by atoms with Gasteiger partial charge in [0.25, 0.3) is 0 Å². The molecule has 0 radical (unpaired) electrons. The molecule has 0 atom stereocenters. The van der Waals surface area contributed by atoms with Crippen LogP contribution in [-0.2, 0) is 0 Å². The van der Waals surface area contributed by atoms with Crippen LogP contribution >= 0.6 is 0 Å². The van der Waals surface area contributed by atoms with Crippen LogP contribution in [0, 0.1) is 5.92 Å². The molecule has 2 nitrogen and oxygen atoms in total. The fourth-order valence-electron chi connectivity index (χ4n) is 2.27. The highest BCUT2D eigenvalue weighted by Gasteiger charge is 2.17. The van der Waals surface area contributed by atoms with Gasteiger partial charge in [-0.15, -0.1) is 0 Å². The Morgan fingerprint density at radius 1 is 0.933 bits per heavy atom. The summed E-state index contributed by atoms with van der Waals surface area (Å²) in [4.78, 5) is 2.59. The number of nitrogens with zero attached hydrogens (tertiary/aromatic N) is 1. The summed E-state index contributed by atoms with van der Waals surface area (Å²) in [5, 5.41) is 0. The molecule has 0 aliphatic rings. The minimum Gasteiger partial charge on any atom is -0.329 e. The van der Waals surface area contributed by atoms with Crippen molar-refractivity contribution in [2.45, 2.75) is 59.4 Å². The Bertz CT molecular complexity index is 128. The zero-order valence-corrected chi connectivity index (χ0v) is 11.1. The zero-order chi connectivity index (χ0) is 11.7. The summed E-state index contributed by atoms with van der Waals surface area (Å²) < 4.78 is 0. The van der Waals surface area contributed by atoms with Crippen molar-refractivity contribution in [1.29, 1.82) is 0 Å². The van der Waals surface area contributed by atoms with E-state index in [1.807, 2.05) is 0 Å². The lowest BCUT2D eigenvalue weighted by atomic mass is 10.0. The van der Waals surface area contributed by atoms with Gasteiger partial charge in [-0.25, -0.2) is 0 Å². The first-order chi connectivity index (χ1) is 7.23. The molecule has 92 valence electrons. The van der Waals surface area contributed by atoms with E-state index in [-0.39, 0.29) is 0 Å². The third-order valence-electron chi connectivity index (χ3n) is 3.52. The van der Waals surface area contributed by atoms with E-state index in [1.54, 1.807) is 0 Å². The molecule has 0 aromatic carbocycles. The fourth-order valence-corrected chi connectivity index (χ4v) is 2.27. The Labute approximate surface area is 96.2 Å². The van der Waals surface area contributed by atoms with Crippen molar-refractivity contribution < 1.29 is 0 Å². The summed E-state index contributed by atoms with van der Waals surface area (Å²) in [5.74, 6) is 0.845. The van der Waals surface area contributed by atoms with Crippen molar-refractivity contribution in [2.24, 2.45) is 11.7 Å². The minimum atomic E-state index is 0.731. The van der Waals surface area contributed by atoms with Gasteiger partial charge in [0.15, 0.2) is 0 Å². The minimum absolute atomic E-state index is 0.731. The molecule has 0 heterocycles. The first-order valence-corrected chi connectivity index (χ1v) is 6.67. The molecule has 0 saturated heterocycles. The zero-order valence-electron chi connectivity index (χ0n) is 11.1. The predicted molar refractivity (Wildman–Crippen MR) is 69.1 cm³/mol. The molecule has 0 aromatic heterocycles. The van der Waals surface area contributed by atoms with Crippen LogP contribution in [0.3, 0.4) is 0 Å². The van der Waals surface area contributed by atoms with E-state index in [9.17, 15) is 0 Å². The highest BCUT2D eigenvalue weighted by Crippen LogP contribution is 2.15. The van der Waals surface area contributed by atoms with Gasteiger partial charge in [-0.2, -0.15) is 0 Å². The molecular weight excluding hydrogens is 184 g/mol. The van der Waals surface area contributed by atoms with E-state index in [1.165, 1.54) is 32.2 Å². The monoisotopic (exact) mass is 214 g/mol. The second-order valence-electron chi connectivity index (χ2n) is 4.44. The molecule has 0 saturated carbocycles. The smallest absolute Gasteiger partial charge is 0.0108 e. The van der Waals surface area contributed by atoms with Crippen molar-refractivity contribution in [3.8, 4) is 0 Å². The molecule has 0 unspecified atom stereocenters. The Morgan fingerprint density at radius 3 is 1.80 bits per heavy atom. The van der Waals surface area contributed by atoms with Gasteiger partial charge < -0.3 is 5.73 Å². The van der Waals surface area contributed by atoms with Crippen molar-refractivity contribution >= 4 is 0 Å². The number of hydrogen-bond acceptors (Lipinski definition) is 2. The van der Waals surface area contributed by atoms with Crippen molar-refractivity contribution in [3.63, 3.8) is 0 Å². The first kappa shape index (κ1) is 14.9. The van der Waals surface area contributed by atoms with Crippen LogP contribution in [-0.4, -0.2) is 30.6 Å². The molecule has 0 rings (SSSR count). The van der Waals surface area contributed by atoms with Gasteiger partial charge in [-0.1, -0.05) is 40.5 Å². The maximum absolute atomic E-state index is 5.69. The normalized spacial score (nSPS) is 12.0.